The van der Waals surface area contributed by atoms with Crippen molar-refractivity contribution in [3.05, 3.63) is 92.9 Å². The number of nitrogens with zero attached hydrogens (tertiary/aromatic N) is 3. The van der Waals surface area contributed by atoms with Crippen molar-refractivity contribution < 1.29 is 41.5 Å². The zero-order valence-corrected chi connectivity index (χ0v) is 29.3. The van der Waals surface area contributed by atoms with Gasteiger partial charge in [0, 0.05) is 35.0 Å². The third-order valence-corrected chi connectivity index (χ3v) is 12.5. The number of nitrogens with one attached hydrogen (secondary N) is 1. The lowest BCUT2D eigenvalue weighted by Crippen LogP contribution is -2.66. The Morgan fingerprint density at radius 1 is 1.10 bits per heavy atom. The molecular weight excluding hydrogens is 693 g/mol. The number of pyridine rings is 1. The van der Waals surface area contributed by atoms with Crippen LogP contribution in [0.15, 0.2) is 58.4 Å². The summed E-state index contributed by atoms with van der Waals surface area (Å²) in [7, 11) is -3.29. The molecule has 7 rings (SSSR count). The molecule has 1 N–H and O–H groups in total. The van der Waals surface area contributed by atoms with Crippen LogP contribution in [0.5, 0.6) is 5.75 Å². The molecule has 3 aromatic rings. The highest BCUT2D eigenvalue weighted by atomic mass is 32.2. The predicted molar refractivity (Wildman–Crippen MR) is 180 cm³/mol. The minimum atomic E-state index is -4.53. The Hall–Kier alpha value is -3.75. The Morgan fingerprint density at radius 3 is 2.64 bits per heavy atom. The average Bonchev–Trinajstić information content (AvgIpc) is 3.28. The topological polar surface area (TPSA) is 129 Å². The van der Waals surface area contributed by atoms with Gasteiger partial charge in [0.1, 0.15) is 11.7 Å². The summed E-state index contributed by atoms with van der Waals surface area (Å²) < 4.78 is 68.9. The Labute approximate surface area is 291 Å². The highest BCUT2D eigenvalue weighted by Crippen LogP contribution is 2.50. The summed E-state index contributed by atoms with van der Waals surface area (Å²) in [6, 6.07) is 10.5. The summed E-state index contributed by atoms with van der Waals surface area (Å²) in [5.41, 5.74) is -1.01. The molecule has 1 saturated heterocycles. The zero-order chi connectivity index (χ0) is 35.2. The summed E-state index contributed by atoms with van der Waals surface area (Å²) in [6.45, 7) is 1.89. The summed E-state index contributed by atoms with van der Waals surface area (Å²) in [5, 5.41) is 4.61. The first-order valence-corrected chi connectivity index (χ1v) is 19.1. The van der Waals surface area contributed by atoms with Crippen LogP contribution in [0.25, 0.3) is 0 Å². The summed E-state index contributed by atoms with van der Waals surface area (Å²) in [6.07, 6.45) is 3.41. The minimum Gasteiger partial charge on any atom is -0.468 e. The highest BCUT2D eigenvalue weighted by molar-refractivity contribution is 7.98. The predicted octanol–water partition coefficient (Wildman–Crippen LogP) is 5.26. The number of methoxy groups -OCH3 is 1. The molecule has 4 heterocycles. The number of hydrogen-bond acceptors (Lipinski definition) is 10. The monoisotopic (exact) mass is 730 g/mol. The summed E-state index contributed by atoms with van der Waals surface area (Å²) in [5.74, 6) is -3.57. The van der Waals surface area contributed by atoms with Crippen molar-refractivity contribution >= 4 is 31.4 Å². The molecule has 3 atom stereocenters. The smallest absolute Gasteiger partial charge is 0.459 e. The van der Waals surface area contributed by atoms with Gasteiger partial charge >= 0.3 is 13.7 Å². The number of hydrogen-bond donors (Lipinski definition) is 1. The number of aromatic nitrogens is 1. The molecule has 1 saturated carbocycles. The lowest BCUT2D eigenvalue weighted by molar-refractivity contribution is -0.149. The molecule has 50 heavy (non-hydrogen) atoms. The number of halogens is 2. The second-order valence-corrected chi connectivity index (χ2v) is 15.2. The number of rotatable bonds is 8. The molecule has 3 aliphatic heterocycles. The van der Waals surface area contributed by atoms with Crippen LogP contribution in [-0.4, -0.2) is 66.6 Å². The molecule has 0 bridgehead atoms. The number of morpholine rings is 1. The summed E-state index contributed by atoms with van der Waals surface area (Å²) >= 11 is 1.36. The van der Waals surface area contributed by atoms with Crippen molar-refractivity contribution in [3.63, 3.8) is 0 Å². The molecule has 0 spiro atoms. The fraction of sp³-hybridized carbons (Fsp3) is 0.441. The van der Waals surface area contributed by atoms with Gasteiger partial charge in [-0.1, -0.05) is 43.5 Å². The van der Waals surface area contributed by atoms with Crippen LogP contribution in [0.2, 0.25) is 0 Å². The van der Waals surface area contributed by atoms with E-state index in [0.29, 0.717) is 31.2 Å². The quantitative estimate of drug-likeness (QED) is 0.241. The van der Waals surface area contributed by atoms with E-state index in [0.717, 1.165) is 22.9 Å². The molecule has 1 aliphatic carbocycles. The molecule has 16 heteroatoms. The van der Waals surface area contributed by atoms with Crippen LogP contribution >= 0.6 is 19.5 Å². The van der Waals surface area contributed by atoms with E-state index >= 15 is 4.39 Å². The number of amides is 1. The zero-order valence-electron chi connectivity index (χ0n) is 27.6. The van der Waals surface area contributed by atoms with Crippen molar-refractivity contribution in [3.8, 4) is 5.75 Å². The first-order chi connectivity index (χ1) is 24.1. The number of fused-ring (bicyclic) bond motifs is 4. The maximum atomic E-state index is 15.6. The van der Waals surface area contributed by atoms with Gasteiger partial charge in [-0.05, 0) is 43.0 Å². The van der Waals surface area contributed by atoms with Gasteiger partial charge in [-0.3, -0.25) is 28.6 Å². The third-order valence-electron chi connectivity index (χ3n) is 9.68. The van der Waals surface area contributed by atoms with E-state index in [1.165, 1.54) is 46.8 Å². The fourth-order valence-electron chi connectivity index (χ4n) is 7.40. The molecule has 266 valence electrons. The first-order valence-electron chi connectivity index (χ1n) is 16.5. The molecule has 1 unspecified atom stereocenters. The molecule has 12 nitrogen and oxygen atoms in total. The Morgan fingerprint density at radius 2 is 1.88 bits per heavy atom. The Balaban J connectivity index is 1.42. The minimum absolute atomic E-state index is 0.0684. The van der Waals surface area contributed by atoms with Crippen molar-refractivity contribution in [2.45, 2.75) is 67.4 Å². The maximum Gasteiger partial charge on any atom is 0.459 e. The standard InChI is InChI=1S/C34H37F2N4O8PS/c1-3-47-49(44,37-34(33(43)45-2)14-7-4-8-15-34)48-31-25(41)13-16-39-30(31)32(42)38-17-18-46-19-27(38)40(39)29-21-11-12-24(35)28(36)23(21)20-50-26-10-6-5-9-22(26)29/h5-6,9-13,16,27,29H,3-4,7-8,14-15,17-20H2,1-2H3,(H,37,44)/t27-,29+,49?/m1/s1. The van der Waals surface area contributed by atoms with E-state index < -0.39 is 60.2 Å². The first kappa shape index (κ1) is 34.7. The van der Waals surface area contributed by atoms with Crippen LogP contribution in [0, 0.1) is 11.6 Å². The highest BCUT2D eigenvalue weighted by Gasteiger charge is 2.50. The number of carbonyl (C=O) groups is 2. The van der Waals surface area contributed by atoms with E-state index in [9.17, 15) is 23.3 Å². The lowest BCUT2D eigenvalue weighted by atomic mass is 9.83. The van der Waals surface area contributed by atoms with Gasteiger partial charge in [-0.2, -0.15) is 5.09 Å². The van der Waals surface area contributed by atoms with Crippen molar-refractivity contribution in [2.75, 3.05) is 38.5 Å². The fourth-order valence-corrected chi connectivity index (χ4v) is 10.3. The van der Waals surface area contributed by atoms with Crippen LogP contribution in [0.3, 0.4) is 0 Å². The van der Waals surface area contributed by atoms with E-state index in [4.69, 9.17) is 18.5 Å². The van der Waals surface area contributed by atoms with Crippen LogP contribution in [0.4, 0.5) is 8.78 Å². The van der Waals surface area contributed by atoms with Gasteiger partial charge in [-0.25, -0.2) is 13.3 Å². The molecule has 1 aromatic heterocycles. The van der Waals surface area contributed by atoms with E-state index in [-0.39, 0.29) is 43.4 Å². The van der Waals surface area contributed by atoms with Gasteiger partial charge in [0.15, 0.2) is 17.3 Å². The van der Waals surface area contributed by atoms with Crippen molar-refractivity contribution in [2.24, 2.45) is 0 Å². The lowest BCUT2D eigenvalue weighted by Gasteiger charge is -2.51. The summed E-state index contributed by atoms with van der Waals surface area (Å²) in [4.78, 5) is 43.6. The number of ether oxygens (including phenoxy) is 2. The molecule has 4 aliphatic rings. The molecular formula is C34H37F2N4O8PS. The second-order valence-electron chi connectivity index (χ2n) is 12.5. The normalized spacial score (nSPS) is 22.3. The van der Waals surface area contributed by atoms with Gasteiger partial charge < -0.3 is 18.9 Å². The van der Waals surface area contributed by atoms with Gasteiger partial charge in [0.2, 0.25) is 11.2 Å². The van der Waals surface area contributed by atoms with E-state index in [1.807, 2.05) is 24.3 Å². The molecule has 2 fully saturated rings. The maximum absolute atomic E-state index is 15.6. The Bertz CT molecular complexity index is 1940. The molecule has 1 amide bonds. The number of carbonyl (C=O) groups excluding carboxylic acids is 2. The van der Waals surface area contributed by atoms with Crippen molar-refractivity contribution in [1.82, 2.24) is 14.7 Å². The third kappa shape index (κ3) is 5.92. The Kier molecular flexibility index (Phi) is 9.54. The van der Waals surface area contributed by atoms with Crippen LogP contribution < -0.4 is 20.0 Å². The van der Waals surface area contributed by atoms with Crippen LogP contribution in [-0.2, 0) is 29.1 Å². The van der Waals surface area contributed by atoms with Crippen LogP contribution in [0.1, 0.15) is 72.2 Å². The van der Waals surface area contributed by atoms with E-state index in [2.05, 4.69) is 5.09 Å². The SMILES string of the molecule is CCOP(=O)(NC1(C(=O)OC)CCCCC1)Oc1c2n(ccc1=O)N([C@@H]1c3ccccc3SCc3c1ccc(F)c3F)[C@@H]1COCCN1C2=O. The van der Waals surface area contributed by atoms with Gasteiger partial charge in [-0.15, -0.1) is 11.8 Å². The number of benzene rings is 2. The molecule has 2 aromatic carbocycles. The van der Waals surface area contributed by atoms with Gasteiger partial charge in [0.25, 0.3) is 5.91 Å². The average molecular weight is 731 g/mol. The number of esters is 1. The largest absolute Gasteiger partial charge is 0.468 e. The molecule has 0 radical (unpaired) electrons. The van der Waals surface area contributed by atoms with E-state index in [1.54, 1.807) is 11.9 Å². The number of thioether (sulfide) groups is 1. The van der Waals surface area contributed by atoms with Gasteiger partial charge in [0.05, 0.1) is 33.0 Å². The van der Waals surface area contributed by atoms with Crippen molar-refractivity contribution in [1.29, 1.82) is 0 Å². The second kappa shape index (κ2) is 13.8.